The molecule has 146 valence electrons. The van der Waals surface area contributed by atoms with Gasteiger partial charge >= 0.3 is 0 Å². The maximum atomic E-state index is 12.3. The van der Waals surface area contributed by atoms with E-state index in [1.54, 1.807) is 4.68 Å². The molecule has 1 aromatic carbocycles. The van der Waals surface area contributed by atoms with Gasteiger partial charge in [0, 0.05) is 19.4 Å². The highest BCUT2D eigenvalue weighted by Crippen LogP contribution is 2.24. The van der Waals surface area contributed by atoms with Gasteiger partial charge in [0.1, 0.15) is 0 Å². The van der Waals surface area contributed by atoms with Gasteiger partial charge in [0.05, 0.1) is 0 Å². The third kappa shape index (κ3) is 5.16. The van der Waals surface area contributed by atoms with Crippen molar-refractivity contribution in [3.8, 4) is 0 Å². The number of piperidine rings is 1. The van der Waals surface area contributed by atoms with Gasteiger partial charge in [-0.3, -0.25) is 10.1 Å². The number of aromatic nitrogens is 3. The number of benzene rings is 1. The Morgan fingerprint density at radius 2 is 1.89 bits per heavy atom. The zero-order chi connectivity index (χ0) is 19.4. The van der Waals surface area contributed by atoms with Crippen LogP contribution in [0.1, 0.15) is 62.9 Å². The Morgan fingerprint density at radius 3 is 2.52 bits per heavy atom. The Balaban J connectivity index is 1.54. The van der Waals surface area contributed by atoms with Crippen LogP contribution in [0.4, 0.5) is 5.95 Å². The smallest absolute Gasteiger partial charge is 0.227 e. The standard InChI is InChI=1S/C21H31N5O/c1-21(2,3)17-8-5-15(6-9-17)7-10-18(27)23-20-24-19(25-26(20)4)16-11-13-22-14-12-16/h5-6,8-9,16,22H,7,10-14H2,1-4H3,(H,23,24,25,27). The van der Waals surface area contributed by atoms with Crippen LogP contribution >= 0.6 is 0 Å². The van der Waals surface area contributed by atoms with E-state index in [1.165, 1.54) is 11.1 Å². The van der Waals surface area contributed by atoms with E-state index in [2.05, 4.69) is 65.8 Å². The summed E-state index contributed by atoms with van der Waals surface area (Å²) in [6.07, 6.45) is 3.24. The van der Waals surface area contributed by atoms with Gasteiger partial charge in [-0.15, -0.1) is 0 Å². The molecule has 0 atom stereocenters. The fraction of sp³-hybridized carbons (Fsp3) is 0.571. The second-order valence-corrected chi connectivity index (χ2v) is 8.44. The summed E-state index contributed by atoms with van der Waals surface area (Å²) >= 11 is 0. The number of carbonyl (C=O) groups is 1. The van der Waals surface area contributed by atoms with Crippen molar-refractivity contribution in [1.82, 2.24) is 20.1 Å². The van der Waals surface area contributed by atoms with Gasteiger partial charge in [-0.05, 0) is 48.9 Å². The second kappa shape index (κ2) is 8.21. The average Bonchev–Trinajstić information content (AvgIpc) is 3.01. The molecular formula is C21H31N5O. The van der Waals surface area contributed by atoms with Crippen molar-refractivity contribution in [2.24, 2.45) is 7.05 Å². The van der Waals surface area contributed by atoms with Crippen molar-refractivity contribution in [2.75, 3.05) is 18.4 Å². The third-order valence-corrected chi connectivity index (χ3v) is 5.20. The van der Waals surface area contributed by atoms with Crippen LogP contribution < -0.4 is 10.6 Å². The molecule has 0 aliphatic carbocycles. The molecule has 0 radical (unpaired) electrons. The van der Waals surface area contributed by atoms with Crippen LogP contribution in [0.25, 0.3) is 0 Å². The summed E-state index contributed by atoms with van der Waals surface area (Å²) in [5.74, 6) is 1.73. The largest absolute Gasteiger partial charge is 0.317 e. The maximum absolute atomic E-state index is 12.3. The Bertz CT molecular complexity index is 767. The van der Waals surface area contributed by atoms with Gasteiger partial charge in [-0.25, -0.2) is 4.68 Å². The molecule has 6 nitrogen and oxygen atoms in total. The van der Waals surface area contributed by atoms with Gasteiger partial charge in [-0.1, -0.05) is 45.0 Å². The lowest BCUT2D eigenvalue weighted by atomic mass is 9.86. The van der Waals surface area contributed by atoms with Crippen molar-refractivity contribution >= 4 is 11.9 Å². The van der Waals surface area contributed by atoms with E-state index >= 15 is 0 Å². The van der Waals surface area contributed by atoms with E-state index in [-0.39, 0.29) is 11.3 Å². The lowest BCUT2D eigenvalue weighted by Crippen LogP contribution is -2.27. The van der Waals surface area contributed by atoms with E-state index in [9.17, 15) is 4.79 Å². The summed E-state index contributed by atoms with van der Waals surface area (Å²) in [6.45, 7) is 8.61. The predicted molar refractivity (Wildman–Crippen MR) is 108 cm³/mol. The molecule has 2 aromatic rings. The monoisotopic (exact) mass is 369 g/mol. The minimum Gasteiger partial charge on any atom is -0.317 e. The first-order valence-corrected chi connectivity index (χ1v) is 9.84. The SMILES string of the molecule is Cn1nc(C2CCNCC2)nc1NC(=O)CCc1ccc(C(C)(C)C)cc1. The summed E-state index contributed by atoms with van der Waals surface area (Å²) in [4.78, 5) is 16.9. The number of hydrogen-bond donors (Lipinski definition) is 2. The molecule has 1 aliphatic rings. The predicted octanol–water partition coefficient (Wildman–Crippen LogP) is 3.15. The first-order valence-electron chi connectivity index (χ1n) is 9.84. The highest BCUT2D eigenvalue weighted by Gasteiger charge is 2.21. The molecule has 2 heterocycles. The summed E-state index contributed by atoms with van der Waals surface area (Å²) in [6, 6.07) is 8.54. The van der Waals surface area contributed by atoms with Crippen LogP contribution in [0, 0.1) is 0 Å². The highest BCUT2D eigenvalue weighted by atomic mass is 16.1. The van der Waals surface area contributed by atoms with Gasteiger partial charge in [0.15, 0.2) is 5.82 Å². The number of nitrogens with one attached hydrogen (secondary N) is 2. The minimum atomic E-state index is -0.0257. The Hall–Kier alpha value is -2.21. The Labute approximate surface area is 161 Å². The summed E-state index contributed by atoms with van der Waals surface area (Å²) in [7, 11) is 1.83. The van der Waals surface area contributed by atoms with Crippen molar-refractivity contribution in [3.05, 3.63) is 41.2 Å². The molecule has 27 heavy (non-hydrogen) atoms. The molecule has 0 saturated carbocycles. The van der Waals surface area contributed by atoms with Gasteiger partial charge in [0.2, 0.25) is 11.9 Å². The molecule has 1 aromatic heterocycles. The fourth-order valence-corrected chi connectivity index (χ4v) is 3.38. The van der Waals surface area contributed by atoms with Gasteiger partial charge in [0.25, 0.3) is 0 Å². The topological polar surface area (TPSA) is 71.8 Å². The van der Waals surface area contributed by atoms with Crippen LogP contribution in [0.2, 0.25) is 0 Å². The molecule has 1 aliphatic heterocycles. The number of hydrogen-bond acceptors (Lipinski definition) is 4. The third-order valence-electron chi connectivity index (χ3n) is 5.20. The second-order valence-electron chi connectivity index (χ2n) is 8.44. The van der Waals surface area contributed by atoms with Crippen LogP contribution in [0.15, 0.2) is 24.3 Å². The minimum absolute atomic E-state index is 0.0257. The molecule has 0 spiro atoms. The normalized spacial score (nSPS) is 15.7. The molecular weight excluding hydrogens is 338 g/mol. The Kier molecular flexibility index (Phi) is 5.95. The van der Waals surface area contributed by atoms with Crippen LogP contribution in [0.5, 0.6) is 0 Å². The van der Waals surface area contributed by atoms with E-state index in [0.717, 1.165) is 38.2 Å². The average molecular weight is 370 g/mol. The zero-order valence-corrected chi connectivity index (χ0v) is 16.9. The van der Waals surface area contributed by atoms with Gasteiger partial charge in [-0.2, -0.15) is 10.1 Å². The fourth-order valence-electron chi connectivity index (χ4n) is 3.38. The molecule has 6 heteroatoms. The number of carbonyl (C=O) groups excluding carboxylic acids is 1. The lowest BCUT2D eigenvalue weighted by molar-refractivity contribution is -0.116. The quantitative estimate of drug-likeness (QED) is 0.849. The number of nitrogens with zero attached hydrogens (tertiary/aromatic N) is 3. The highest BCUT2D eigenvalue weighted by molar-refractivity contribution is 5.89. The summed E-state index contributed by atoms with van der Waals surface area (Å²) in [5, 5.41) is 10.8. The Morgan fingerprint density at radius 1 is 1.22 bits per heavy atom. The zero-order valence-electron chi connectivity index (χ0n) is 16.9. The summed E-state index contributed by atoms with van der Waals surface area (Å²) in [5.41, 5.74) is 2.62. The first kappa shape index (κ1) is 19.5. The van der Waals surface area contributed by atoms with E-state index in [0.29, 0.717) is 18.3 Å². The number of rotatable bonds is 5. The molecule has 2 N–H and O–H groups in total. The molecule has 3 rings (SSSR count). The lowest BCUT2D eigenvalue weighted by Gasteiger charge is -2.19. The molecule has 0 bridgehead atoms. The number of anilines is 1. The van der Waals surface area contributed by atoms with Crippen molar-refractivity contribution in [2.45, 2.75) is 57.8 Å². The van der Waals surface area contributed by atoms with Crippen molar-refractivity contribution in [1.29, 1.82) is 0 Å². The molecule has 1 amide bonds. The van der Waals surface area contributed by atoms with Crippen molar-refractivity contribution in [3.63, 3.8) is 0 Å². The molecule has 1 fully saturated rings. The number of amides is 1. The molecule has 1 saturated heterocycles. The summed E-state index contributed by atoms with van der Waals surface area (Å²) < 4.78 is 1.67. The maximum Gasteiger partial charge on any atom is 0.227 e. The van der Waals surface area contributed by atoms with Crippen LogP contribution in [0.3, 0.4) is 0 Å². The number of aryl methyl sites for hydroxylation is 2. The van der Waals surface area contributed by atoms with Crippen LogP contribution in [-0.2, 0) is 23.7 Å². The van der Waals surface area contributed by atoms with E-state index < -0.39 is 0 Å². The molecule has 0 unspecified atom stereocenters. The van der Waals surface area contributed by atoms with E-state index in [4.69, 9.17) is 0 Å². The van der Waals surface area contributed by atoms with Gasteiger partial charge < -0.3 is 5.32 Å². The van der Waals surface area contributed by atoms with Crippen LogP contribution in [-0.4, -0.2) is 33.8 Å². The first-order chi connectivity index (χ1) is 12.8. The van der Waals surface area contributed by atoms with E-state index in [1.807, 2.05) is 7.05 Å². The van der Waals surface area contributed by atoms with Crippen molar-refractivity contribution < 1.29 is 4.79 Å².